The average molecular weight is 249 g/mol. The van der Waals surface area contributed by atoms with Gasteiger partial charge in [0.15, 0.2) is 0 Å². The highest BCUT2D eigenvalue weighted by Crippen LogP contribution is 2.23. The summed E-state index contributed by atoms with van der Waals surface area (Å²) in [6.45, 7) is 4.42. The standard InChI is InChI=1S/C13H19N3S/c1-10-4-3-8-16(9-6-10)13-11(12(14)17)5-2-7-15-13/h2,5,7,10H,3-4,6,8-9H2,1H3,(H2,14,17). The maximum atomic E-state index is 5.75. The summed E-state index contributed by atoms with van der Waals surface area (Å²) in [4.78, 5) is 7.20. The van der Waals surface area contributed by atoms with Gasteiger partial charge in [-0.15, -0.1) is 0 Å². The normalized spacial score (nSPS) is 21.0. The van der Waals surface area contributed by atoms with Gasteiger partial charge in [-0.25, -0.2) is 4.98 Å². The van der Waals surface area contributed by atoms with E-state index in [1.54, 1.807) is 0 Å². The molecule has 1 unspecified atom stereocenters. The molecule has 2 heterocycles. The largest absolute Gasteiger partial charge is 0.389 e. The van der Waals surface area contributed by atoms with Gasteiger partial charge in [0.25, 0.3) is 0 Å². The molecule has 1 aliphatic heterocycles. The highest BCUT2D eigenvalue weighted by molar-refractivity contribution is 7.80. The van der Waals surface area contributed by atoms with Crippen LogP contribution in [0.3, 0.4) is 0 Å². The van der Waals surface area contributed by atoms with E-state index in [4.69, 9.17) is 18.0 Å². The van der Waals surface area contributed by atoms with Crippen molar-refractivity contribution < 1.29 is 0 Å². The molecule has 3 nitrogen and oxygen atoms in total. The van der Waals surface area contributed by atoms with E-state index in [1.165, 1.54) is 19.3 Å². The maximum absolute atomic E-state index is 5.75. The third-order valence-corrected chi connectivity index (χ3v) is 3.59. The maximum Gasteiger partial charge on any atom is 0.138 e. The van der Waals surface area contributed by atoms with E-state index in [-0.39, 0.29) is 0 Å². The predicted molar refractivity (Wildman–Crippen MR) is 75.4 cm³/mol. The number of pyridine rings is 1. The Morgan fingerprint density at radius 2 is 2.29 bits per heavy atom. The fourth-order valence-corrected chi connectivity index (χ4v) is 2.48. The van der Waals surface area contributed by atoms with Crippen LogP contribution in [-0.2, 0) is 0 Å². The van der Waals surface area contributed by atoms with Gasteiger partial charge in [-0.05, 0) is 37.3 Å². The summed E-state index contributed by atoms with van der Waals surface area (Å²) in [6.07, 6.45) is 5.54. The molecule has 0 radical (unpaired) electrons. The fourth-order valence-electron chi connectivity index (χ4n) is 2.32. The summed E-state index contributed by atoms with van der Waals surface area (Å²) < 4.78 is 0. The molecule has 2 N–H and O–H groups in total. The highest BCUT2D eigenvalue weighted by atomic mass is 32.1. The van der Waals surface area contributed by atoms with Gasteiger partial charge in [0.05, 0.1) is 5.56 Å². The molecule has 0 bridgehead atoms. The molecule has 1 saturated heterocycles. The van der Waals surface area contributed by atoms with Crippen molar-refractivity contribution >= 4 is 23.0 Å². The van der Waals surface area contributed by atoms with Crippen molar-refractivity contribution in [2.24, 2.45) is 11.7 Å². The van der Waals surface area contributed by atoms with Crippen LogP contribution < -0.4 is 10.6 Å². The SMILES string of the molecule is CC1CCCN(c2ncccc2C(N)=S)CC1. The number of thiocarbonyl (C=S) groups is 1. The van der Waals surface area contributed by atoms with Crippen molar-refractivity contribution in [1.29, 1.82) is 0 Å². The summed E-state index contributed by atoms with van der Waals surface area (Å²) in [6, 6.07) is 3.84. The Hall–Kier alpha value is -1.16. The van der Waals surface area contributed by atoms with E-state index in [0.29, 0.717) is 4.99 Å². The van der Waals surface area contributed by atoms with Crippen LogP contribution in [-0.4, -0.2) is 23.1 Å². The molecule has 1 aromatic rings. The molecular formula is C13H19N3S. The van der Waals surface area contributed by atoms with Gasteiger partial charge < -0.3 is 10.6 Å². The van der Waals surface area contributed by atoms with Crippen LogP contribution in [0.4, 0.5) is 5.82 Å². The minimum atomic E-state index is 0.436. The van der Waals surface area contributed by atoms with Crippen LogP contribution in [0.15, 0.2) is 18.3 Å². The highest BCUT2D eigenvalue weighted by Gasteiger charge is 2.18. The molecule has 0 saturated carbocycles. The van der Waals surface area contributed by atoms with Gasteiger partial charge >= 0.3 is 0 Å². The van der Waals surface area contributed by atoms with E-state index < -0.39 is 0 Å². The van der Waals surface area contributed by atoms with Gasteiger partial charge in [-0.1, -0.05) is 19.1 Å². The average Bonchev–Trinajstić information content (AvgIpc) is 2.54. The van der Waals surface area contributed by atoms with Crippen molar-refractivity contribution in [2.75, 3.05) is 18.0 Å². The number of nitrogens with zero attached hydrogens (tertiary/aromatic N) is 2. The molecule has 2 rings (SSSR count). The molecule has 0 aromatic carbocycles. The minimum absolute atomic E-state index is 0.436. The van der Waals surface area contributed by atoms with Crippen molar-refractivity contribution in [3.8, 4) is 0 Å². The van der Waals surface area contributed by atoms with Gasteiger partial charge in [0.1, 0.15) is 10.8 Å². The number of anilines is 1. The monoisotopic (exact) mass is 249 g/mol. The third-order valence-electron chi connectivity index (χ3n) is 3.37. The summed E-state index contributed by atoms with van der Waals surface area (Å²) in [5, 5.41) is 0. The molecule has 92 valence electrons. The fraction of sp³-hybridized carbons (Fsp3) is 0.538. The molecule has 1 aromatic heterocycles. The zero-order chi connectivity index (χ0) is 12.3. The number of hydrogen-bond donors (Lipinski definition) is 1. The number of aromatic nitrogens is 1. The second-order valence-corrected chi connectivity index (χ2v) is 5.20. The van der Waals surface area contributed by atoms with Crippen LogP contribution >= 0.6 is 12.2 Å². The van der Waals surface area contributed by atoms with Crippen LogP contribution in [0.2, 0.25) is 0 Å². The van der Waals surface area contributed by atoms with Gasteiger partial charge in [-0.3, -0.25) is 0 Å². The zero-order valence-electron chi connectivity index (χ0n) is 10.2. The first-order valence-electron chi connectivity index (χ1n) is 6.18. The van der Waals surface area contributed by atoms with Crippen LogP contribution in [0.1, 0.15) is 31.7 Å². The van der Waals surface area contributed by atoms with Crippen molar-refractivity contribution in [3.05, 3.63) is 23.9 Å². The lowest BCUT2D eigenvalue weighted by Crippen LogP contribution is -2.28. The molecule has 0 aliphatic carbocycles. The third kappa shape index (κ3) is 2.94. The Balaban J connectivity index is 2.24. The Morgan fingerprint density at radius 3 is 3.06 bits per heavy atom. The van der Waals surface area contributed by atoms with E-state index in [2.05, 4.69) is 16.8 Å². The molecule has 4 heteroatoms. The topological polar surface area (TPSA) is 42.2 Å². The zero-order valence-corrected chi connectivity index (χ0v) is 11.0. The summed E-state index contributed by atoms with van der Waals surface area (Å²) in [7, 11) is 0. The minimum Gasteiger partial charge on any atom is -0.389 e. The number of hydrogen-bond acceptors (Lipinski definition) is 3. The second-order valence-electron chi connectivity index (χ2n) is 4.76. The molecule has 1 fully saturated rings. The Morgan fingerprint density at radius 1 is 1.47 bits per heavy atom. The molecule has 0 amide bonds. The molecular weight excluding hydrogens is 230 g/mol. The van der Waals surface area contributed by atoms with Gasteiger partial charge in [0, 0.05) is 19.3 Å². The van der Waals surface area contributed by atoms with Crippen molar-refractivity contribution in [2.45, 2.75) is 26.2 Å². The summed E-state index contributed by atoms with van der Waals surface area (Å²) >= 11 is 5.09. The van der Waals surface area contributed by atoms with E-state index in [0.717, 1.165) is 30.4 Å². The lowest BCUT2D eigenvalue weighted by Gasteiger charge is -2.23. The Kier molecular flexibility index (Phi) is 3.94. The molecule has 0 spiro atoms. The summed E-state index contributed by atoms with van der Waals surface area (Å²) in [5.74, 6) is 1.76. The lowest BCUT2D eigenvalue weighted by atomic mass is 10.0. The smallest absolute Gasteiger partial charge is 0.138 e. The number of nitrogens with two attached hydrogens (primary N) is 1. The predicted octanol–water partition coefficient (Wildman–Crippen LogP) is 2.34. The molecule has 17 heavy (non-hydrogen) atoms. The second kappa shape index (κ2) is 5.45. The van der Waals surface area contributed by atoms with Gasteiger partial charge in [-0.2, -0.15) is 0 Å². The molecule has 1 atom stereocenters. The van der Waals surface area contributed by atoms with E-state index in [9.17, 15) is 0 Å². The quantitative estimate of drug-likeness (QED) is 0.817. The van der Waals surface area contributed by atoms with E-state index in [1.807, 2.05) is 18.3 Å². The Labute approximate surface area is 108 Å². The van der Waals surface area contributed by atoms with Crippen LogP contribution in [0.25, 0.3) is 0 Å². The Bertz CT molecular complexity index is 405. The lowest BCUT2D eigenvalue weighted by molar-refractivity contribution is 0.521. The van der Waals surface area contributed by atoms with E-state index >= 15 is 0 Å². The molecule has 1 aliphatic rings. The van der Waals surface area contributed by atoms with Crippen molar-refractivity contribution in [3.63, 3.8) is 0 Å². The first-order chi connectivity index (χ1) is 8.18. The summed E-state index contributed by atoms with van der Waals surface area (Å²) in [5.41, 5.74) is 6.65. The van der Waals surface area contributed by atoms with Crippen LogP contribution in [0.5, 0.6) is 0 Å². The van der Waals surface area contributed by atoms with Crippen LogP contribution in [0, 0.1) is 5.92 Å². The first kappa shape index (κ1) is 12.3. The number of rotatable bonds is 2. The first-order valence-corrected chi connectivity index (χ1v) is 6.59. The van der Waals surface area contributed by atoms with Gasteiger partial charge in [0.2, 0.25) is 0 Å². The van der Waals surface area contributed by atoms with Crippen molar-refractivity contribution in [1.82, 2.24) is 4.98 Å².